The molecule has 0 spiro atoms. The summed E-state index contributed by atoms with van der Waals surface area (Å²) in [4.78, 5) is 16.2. The van der Waals surface area contributed by atoms with Crippen molar-refractivity contribution >= 4 is 22.6 Å². The molecule has 0 radical (unpaired) electrons. The Morgan fingerprint density at radius 2 is 1.88 bits per heavy atom. The molecule has 6 nitrogen and oxygen atoms in total. The number of aromatic nitrogens is 4. The molecule has 2 aromatic heterocycles. The van der Waals surface area contributed by atoms with Crippen LogP contribution < -0.4 is 5.32 Å². The first-order valence-electron chi connectivity index (χ1n) is 9.83. The minimum atomic E-state index is -0.685. The first-order valence-corrected chi connectivity index (χ1v) is 9.83. The van der Waals surface area contributed by atoms with Crippen LogP contribution in [0, 0.1) is 11.6 Å². The van der Waals surface area contributed by atoms with Gasteiger partial charge in [0.1, 0.15) is 18.0 Å². The van der Waals surface area contributed by atoms with Gasteiger partial charge in [-0.05, 0) is 60.2 Å². The number of fused-ring (bicyclic) bond motifs is 1. The van der Waals surface area contributed by atoms with Gasteiger partial charge >= 0.3 is 0 Å². The van der Waals surface area contributed by atoms with E-state index in [0.717, 1.165) is 22.8 Å². The van der Waals surface area contributed by atoms with Gasteiger partial charge in [0.05, 0.1) is 16.7 Å². The van der Waals surface area contributed by atoms with E-state index in [2.05, 4.69) is 15.4 Å². The highest BCUT2D eigenvalue weighted by Gasteiger charge is 2.13. The number of nitrogens with zero attached hydrogens (tertiary/aromatic N) is 4. The Morgan fingerprint density at radius 1 is 1.00 bits per heavy atom. The number of amides is 1. The average Bonchev–Trinajstić information content (AvgIpc) is 3.42. The van der Waals surface area contributed by atoms with E-state index < -0.39 is 11.6 Å². The number of hydrogen-bond donors (Lipinski definition) is 1. The maximum Gasteiger partial charge on any atom is 0.221 e. The van der Waals surface area contributed by atoms with E-state index in [1.165, 1.54) is 19.1 Å². The molecule has 0 aliphatic heterocycles. The van der Waals surface area contributed by atoms with Crippen molar-refractivity contribution in [2.45, 2.75) is 6.92 Å². The van der Waals surface area contributed by atoms with Crippen LogP contribution in [0.5, 0.6) is 0 Å². The highest BCUT2D eigenvalue weighted by Crippen LogP contribution is 2.31. The zero-order valence-electron chi connectivity index (χ0n) is 17.0. The molecule has 5 aromatic rings. The minimum Gasteiger partial charge on any atom is -0.326 e. The lowest BCUT2D eigenvalue weighted by molar-refractivity contribution is -0.114. The Labute approximate surface area is 181 Å². The standard InChI is InChI=1S/C24H17F2N5O/c1-15(32)29-18-9-16(21-5-3-17(25)11-22(21)26)10-20(12-18)30-14-27-23-13-19(4-6-24(23)30)31-8-2-7-28-31/h2-14H,1H3,(H,29,32). The molecule has 2 heterocycles. The summed E-state index contributed by atoms with van der Waals surface area (Å²) in [6.07, 6.45) is 5.21. The Kier molecular flexibility index (Phi) is 4.74. The van der Waals surface area contributed by atoms with Crippen LogP contribution in [-0.2, 0) is 4.79 Å². The van der Waals surface area contributed by atoms with Crippen LogP contribution in [0.2, 0.25) is 0 Å². The average molecular weight is 429 g/mol. The van der Waals surface area contributed by atoms with Crippen molar-refractivity contribution in [2.24, 2.45) is 0 Å². The summed E-state index contributed by atoms with van der Waals surface area (Å²) in [6, 6.07) is 16.2. The van der Waals surface area contributed by atoms with Crippen LogP contribution in [0.3, 0.4) is 0 Å². The third kappa shape index (κ3) is 3.62. The molecular weight excluding hydrogens is 412 g/mol. The van der Waals surface area contributed by atoms with Gasteiger partial charge in [0.2, 0.25) is 5.91 Å². The molecule has 0 saturated carbocycles. The second-order valence-electron chi connectivity index (χ2n) is 7.31. The Hall–Kier alpha value is -4.33. The maximum atomic E-state index is 14.5. The number of halogens is 2. The van der Waals surface area contributed by atoms with E-state index in [-0.39, 0.29) is 11.5 Å². The molecule has 158 valence electrons. The van der Waals surface area contributed by atoms with Crippen molar-refractivity contribution in [1.29, 1.82) is 0 Å². The number of benzene rings is 3. The molecule has 5 rings (SSSR count). The lowest BCUT2D eigenvalue weighted by Crippen LogP contribution is -2.07. The molecule has 0 unspecified atom stereocenters. The van der Waals surface area contributed by atoms with Crippen LogP contribution in [0.4, 0.5) is 14.5 Å². The maximum absolute atomic E-state index is 14.5. The van der Waals surface area contributed by atoms with Gasteiger partial charge in [0.25, 0.3) is 0 Å². The largest absolute Gasteiger partial charge is 0.326 e. The monoisotopic (exact) mass is 429 g/mol. The fraction of sp³-hybridized carbons (Fsp3) is 0.0417. The predicted molar refractivity (Wildman–Crippen MR) is 118 cm³/mol. The number of hydrogen-bond acceptors (Lipinski definition) is 3. The van der Waals surface area contributed by atoms with Crippen molar-refractivity contribution < 1.29 is 13.6 Å². The highest BCUT2D eigenvalue weighted by atomic mass is 19.1. The van der Waals surface area contributed by atoms with Gasteiger partial charge in [-0.3, -0.25) is 9.36 Å². The van der Waals surface area contributed by atoms with Crippen molar-refractivity contribution in [2.75, 3.05) is 5.32 Å². The van der Waals surface area contributed by atoms with Gasteiger partial charge in [0.15, 0.2) is 0 Å². The van der Waals surface area contributed by atoms with Crippen LogP contribution in [-0.4, -0.2) is 25.2 Å². The molecule has 0 aliphatic rings. The summed E-state index contributed by atoms with van der Waals surface area (Å²) >= 11 is 0. The Bertz CT molecular complexity index is 1460. The molecular formula is C24H17F2N5O. The zero-order chi connectivity index (χ0) is 22.2. The molecule has 1 N–H and O–H groups in total. The first-order chi connectivity index (χ1) is 15.5. The van der Waals surface area contributed by atoms with E-state index >= 15 is 0 Å². The smallest absolute Gasteiger partial charge is 0.221 e. The van der Waals surface area contributed by atoms with E-state index in [4.69, 9.17) is 0 Å². The summed E-state index contributed by atoms with van der Waals surface area (Å²) in [7, 11) is 0. The normalized spacial score (nSPS) is 11.1. The topological polar surface area (TPSA) is 64.7 Å². The molecule has 0 saturated heterocycles. The van der Waals surface area contributed by atoms with E-state index in [9.17, 15) is 13.6 Å². The second-order valence-corrected chi connectivity index (χ2v) is 7.31. The van der Waals surface area contributed by atoms with Crippen molar-refractivity contribution in [3.05, 3.63) is 91.0 Å². The Balaban J connectivity index is 1.65. The van der Waals surface area contributed by atoms with Gasteiger partial charge in [-0.1, -0.05) is 0 Å². The van der Waals surface area contributed by atoms with Crippen LogP contribution in [0.25, 0.3) is 33.5 Å². The summed E-state index contributed by atoms with van der Waals surface area (Å²) in [5.74, 6) is -1.60. The molecule has 0 aliphatic carbocycles. The Morgan fingerprint density at radius 3 is 2.62 bits per heavy atom. The second kappa shape index (κ2) is 7.73. The zero-order valence-corrected chi connectivity index (χ0v) is 17.0. The molecule has 0 fully saturated rings. The fourth-order valence-corrected chi connectivity index (χ4v) is 3.68. The summed E-state index contributed by atoms with van der Waals surface area (Å²) in [5.41, 5.74) is 4.33. The van der Waals surface area contributed by atoms with E-state index in [0.29, 0.717) is 16.9 Å². The highest BCUT2D eigenvalue weighted by molar-refractivity contribution is 5.90. The lowest BCUT2D eigenvalue weighted by atomic mass is 10.0. The summed E-state index contributed by atoms with van der Waals surface area (Å²) in [6.45, 7) is 1.40. The third-order valence-electron chi connectivity index (χ3n) is 5.06. The third-order valence-corrected chi connectivity index (χ3v) is 5.06. The number of carbonyl (C=O) groups excluding carboxylic acids is 1. The van der Waals surface area contributed by atoms with Crippen molar-refractivity contribution in [3.8, 4) is 22.5 Å². The van der Waals surface area contributed by atoms with Gasteiger partial charge in [-0.15, -0.1) is 0 Å². The molecule has 0 atom stereocenters. The predicted octanol–water partition coefficient (Wildman–Crippen LogP) is 5.11. The number of carbonyl (C=O) groups is 1. The SMILES string of the molecule is CC(=O)Nc1cc(-c2ccc(F)cc2F)cc(-n2cnc3cc(-n4cccn4)ccc32)c1. The van der Waals surface area contributed by atoms with Crippen LogP contribution in [0.1, 0.15) is 6.92 Å². The van der Waals surface area contributed by atoms with Gasteiger partial charge in [0, 0.05) is 42.3 Å². The number of rotatable bonds is 4. The molecule has 32 heavy (non-hydrogen) atoms. The molecule has 8 heteroatoms. The number of imidazole rings is 1. The van der Waals surface area contributed by atoms with E-state index in [1.54, 1.807) is 35.4 Å². The van der Waals surface area contributed by atoms with Crippen LogP contribution >= 0.6 is 0 Å². The van der Waals surface area contributed by atoms with Crippen molar-refractivity contribution in [1.82, 2.24) is 19.3 Å². The van der Waals surface area contributed by atoms with Crippen LogP contribution in [0.15, 0.2) is 79.4 Å². The number of anilines is 1. The lowest BCUT2D eigenvalue weighted by Gasteiger charge is -2.13. The minimum absolute atomic E-state index is 0.227. The van der Waals surface area contributed by atoms with E-state index in [1.807, 2.05) is 35.0 Å². The molecule has 0 bridgehead atoms. The number of nitrogens with one attached hydrogen (secondary N) is 1. The fourth-order valence-electron chi connectivity index (χ4n) is 3.68. The molecule has 1 amide bonds. The quantitative estimate of drug-likeness (QED) is 0.432. The van der Waals surface area contributed by atoms with Crippen molar-refractivity contribution in [3.63, 3.8) is 0 Å². The first kappa shape index (κ1) is 19.6. The summed E-state index contributed by atoms with van der Waals surface area (Å²) < 4.78 is 31.5. The molecule has 3 aromatic carbocycles. The summed E-state index contributed by atoms with van der Waals surface area (Å²) in [5, 5.41) is 6.98. The van der Waals surface area contributed by atoms with Gasteiger partial charge in [-0.25, -0.2) is 18.4 Å². The van der Waals surface area contributed by atoms with Gasteiger partial charge < -0.3 is 5.32 Å². The van der Waals surface area contributed by atoms with Gasteiger partial charge in [-0.2, -0.15) is 5.10 Å².